The topological polar surface area (TPSA) is 196 Å². The first-order valence-corrected chi connectivity index (χ1v) is 18.5. The summed E-state index contributed by atoms with van der Waals surface area (Å²) in [4.78, 5) is 28.2. The third kappa shape index (κ3) is 8.80. The molecule has 54 heavy (non-hydrogen) atoms. The van der Waals surface area contributed by atoms with Crippen LogP contribution in [0.5, 0.6) is 11.5 Å². The smallest absolute Gasteiger partial charge is 0.493 e. The van der Waals surface area contributed by atoms with Crippen LogP contribution >= 0.6 is 38.6 Å². The fourth-order valence-corrected chi connectivity index (χ4v) is 7.71. The van der Waals surface area contributed by atoms with Crippen LogP contribution in [0.25, 0.3) is 31.6 Å². The second-order valence-electron chi connectivity index (χ2n) is 11.4. The number of nitrogens with zero attached hydrogens (tertiary/aromatic N) is 10. The highest BCUT2D eigenvalue weighted by Crippen LogP contribution is 2.41. The normalized spacial score (nSPS) is 10.7. The summed E-state index contributed by atoms with van der Waals surface area (Å²) in [7, 11) is 5.32. The number of nitrogens with one attached hydrogen (secondary N) is 2. The van der Waals surface area contributed by atoms with Gasteiger partial charge in [-0.15, -0.1) is 22.7 Å². The van der Waals surface area contributed by atoms with Crippen molar-refractivity contribution < 1.29 is 19.5 Å². The summed E-state index contributed by atoms with van der Waals surface area (Å²) in [6.07, 6.45) is 17.3. The molecule has 0 aliphatic carbocycles. The second kappa shape index (κ2) is 17.1. The zero-order valence-corrected chi connectivity index (χ0v) is 33.1. The van der Waals surface area contributed by atoms with Crippen molar-refractivity contribution in [2.75, 3.05) is 24.9 Å². The summed E-state index contributed by atoms with van der Waals surface area (Å²) >= 11 is 6.89. The highest BCUT2D eigenvalue weighted by atomic mass is 79.9. The maximum Gasteiger partial charge on any atom is 0.493 e. The molecule has 0 spiro atoms. The SMILES string of the molecule is COc1ccncc1-c1c(C)sc2cnc(Nc3cnn(C)c3)nc12.COc1ccncc1B(O)O.Cc1sc2cnc(Nc3cnn(C)c3)nc2c1Br. The molecule has 16 nitrogen and oxygen atoms in total. The van der Waals surface area contributed by atoms with E-state index in [9.17, 15) is 0 Å². The van der Waals surface area contributed by atoms with Crippen molar-refractivity contribution >= 4 is 94.9 Å². The lowest BCUT2D eigenvalue weighted by molar-refractivity contribution is 0.402. The van der Waals surface area contributed by atoms with Crippen LogP contribution in [0.15, 0.2) is 78.6 Å². The Hall–Kier alpha value is -5.54. The van der Waals surface area contributed by atoms with E-state index in [-0.39, 0.29) is 5.46 Å². The number of thiophene rings is 2. The number of aromatic nitrogens is 10. The summed E-state index contributed by atoms with van der Waals surface area (Å²) in [5.74, 6) is 2.31. The van der Waals surface area contributed by atoms with Gasteiger partial charge in [0.1, 0.15) is 17.0 Å². The van der Waals surface area contributed by atoms with Gasteiger partial charge in [-0.2, -0.15) is 10.2 Å². The molecule has 8 rings (SSSR count). The summed E-state index contributed by atoms with van der Waals surface area (Å²) in [6, 6.07) is 3.42. The third-order valence-electron chi connectivity index (χ3n) is 7.64. The Kier molecular flexibility index (Phi) is 12.1. The van der Waals surface area contributed by atoms with Gasteiger partial charge in [0.15, 0.2) is 0 Å². The van der Waals surface area contributed by atoms with E-state index in [0.29, 0.717) is 17.6 Å². The Labute approximate surface area is 326 Å². The highest BCUT2D eigenvalue weighted by Gasteiger charge is 2.18. The molecule has 8 aromatic heterocycles. The molecule has 0 fully saturated rings. The molecule has 0 unspecified atom stereocenters. The molecule has 276 valence electrons. The standard InChI is InChI=1S/C17H16N6OS.C11H10BrN5S.C6H8BNO3/c1-10-15(12-7-18-5-4-13(12)24-3)16-14(25-10)8-19-17(22-16)21-11-6-20-23(2)9-11;1-6-9(12)10-8(18-6)4-13-11(16-10)15-7-3-14-17(2)5-7;1-11-6-2-3-8-4-5(6)7(9)10/h4-9H,1-3H3,(H,19,21,22);3-5H,1-2H3,(H,13,15,16);2-4,9-10H,1H3. The number of hydrogen-bond donors (Lipinski definition) is 4. The molecule has 8 heterocycles. The molecule has 8 aromatic rings. The van der Waals surface area contributed by atoms with E-state index in [2.05, 4.69) is 75.5 Å². The van der Waals surface area contributed by atoms with Crippen molar-refractivity contribution in [3.63, 3.8) is 0 Å². The molecule has 0 saturated carbocycles. The molecule has 0 atom stereocenters. The van der Waals surface area contributed by atoms with Crippen LogP contribution in [-0.2, 0) is 14.1 Å². The molecular formula is C34H34BBrN12O4S2. The number of ether oxygens (including phenoxy) is 2. The van der Waals surface area contributed by atoms with Gasteiger partial charge >= 0.3 is 7.12 Å². The van der Waals surface area contributed by atoms with E-state index in [1.165, 1.54) is 24.4 Å². The summed E-state index contributed by atoms with van der Waals surface area (Å²) in [5.41, 5.74) is 5.78. The molecule has 0 bridgehead atoms. The highest BCUT2D eigenvalue weighted by molar-refractivity contribution is 9.10. The molecule has 0 aliphatic rings. The average molecular weight is 830 g/mol. The lowest BCUT2D eigenvalue weighted by atomic mass is 9.81. The molecular weight excluding hydrogens is 795 g/mol. The largest absolute Gasteiger partial charge is 0.497 e. The number of halogens is 1. The Balaban J connectivity index is 0.000000150. The van der Waals surface area contributed by atoms with Gasteiger partial charge in [0.2, 0.25) is 11.9 Å². The summed E-state index contributed by atoms with van der Waals surface area (Å²) < 4.78 is 16.9. The second-order valence-corrected chi connectivity index (χ2v) is 14.7. The molecule has 0 amide bonds. The monoisotopic (exact) mass is 828 g/mol. The number of hydrogen-bond acceptors (Lipinski definition) is 16. The van der Waals surface area contributed by atoms with Crippen molar-refractivity contribution in [1.29, 1.82) is 0 Å². The van der Waals surface area contributed by atoms with Crippen LogP contribution in [0.1, 0.15) is 9.75 Å². The lowest BCUT2D eigenvalue weighted by Crippen LogP contribution is -2.31. The minimum absolute atomic E-state index is 0.273. The van der Waals surface area contributed by atoms with E-state index >= 15 is 0 Å². The first-order chi connectivity index (χ1) is 26.0. The Bertz CT molecular complexity index is 2520. The van der Waals surface area contributed by atoms with Gasteiger partial charge in [-0.3, -0.25) is 19.3 Å². The molecule has 0 aliphatic heterocycles. The van der Waals surface area contributed by atoms with E-state index < -0.39 is 7.12 Å². The maximum absolute atomic E-state index is 8.77. The number of pyridine rings is 2. The van der Waals surface area contributed by atoms with Crippen LogP contribution in [0.2, 0.25) is 0 Å². The third-order valence-corrected chi connectivity index (χ3v) is 10.9. The van der Waals surface area contributed by atoms with Gasteiger partial charge in [-0.1, -0.05) is 0 Å². The molecule has 0 saturated heterocycles. The summed E-state index contributed by atoms with van der Waals surface area (Å²) in [5, 5.41) is 32.1. The van der Waals surface area contributed by atoms with Gasteiger partial charge < -0.3 is 30.2 Å². The number of rotatable bonds is 8. The van der Waals surface area contributed by atoms with Gasteiger partial charge in [-0.25, -0.2) is 19.9 Å². The zero-order chi connectivity index (χ0) is 38.4. The molecule has 0 aromatic carbocycles. The van der Waals surface area contributed by atoms with Crippen LogP contribution in [0.4, 0.5) is 23.3 Å². The minimum Gasteiger partial charge on any atom is -0.497 e. The van der Waals surface area contributed by atoms with Crippen molar-refractivity contribution in [3.05, 3.63) is 88.3 Å². The van der Waals surface area contributed by atoms with E-state index in [0.717, 1.165) is 58.0 Å². The van der Waals surface area contributed by atoms with Gasteiger partial charge in [-0.05, 0) is 41.9 Å². The number of fused-ring (bicyclic) bond motifs is 2. The van der Waals surface area contributed by atoms with Crippen LogP contribution in [-0.4, -0.2) is 80.9 Å². The fourth-order valence-electron chi connectivity index (χ4n) is 5.18. The maximum atomic E-state index is 8.77. The molecule has 4 N–H and O–H groups in total. The van der Waals surface area contributed by atoms with Gasteiger partial charge in [0, 0.05) is 77.6 Å². The van der Waals surface area contributed by atoms with Crippen molar-refractivity contribution in [3.8, 4) is 22.6 Å². The molecule has 0 radical (unpaired) electrons. The van der Waals surface area contributed by atoms with Gasteiger partial charge in [0.25, 0.3) is 0 Å². The quantitative estimate of drug-likeness (QED) is 0.139. The first kappa shape index (κ1) is 38.2. The summed E-state index contributed by atoms with van der Waals surface area (Å²) in [6.45, 7) is 4.13. The van der Waals surface area contributed by atoms with Crippen molar-refractivity contribution in [2.45, 2.75) is 13.8 Å². The van der Waals surface area contributed by atoms with Gasteiger partial charge in [0.05, 0.1) is 69.8 Å². The first-order valence-electron chi connectivity index (χ1n) is 16.1. The van der Waals surface area contributed by atoms with E-state index in [1.807, 2.05) is 51.1 Å². The average Bonchev–Trinajstić information content (AvgIpc) is 3.94. The Morgan fingerprint density at radius 3 is 1.80 bits per heavy atom. The minimum atomic E-state index is -1.53. The number of methoxy groups -OCH3 is 2. The van der Waals surface area contributed by atoms with Crippen molar-refractivity contribution in [2.24, 2.45) is 14.1 Å². The fraction of sp³-hybridized carbons (Fsp3) is 0.176. The van der Waals surface area contributed by atoms with E-state index in [1.54, 1.807) is 63.8 Å². The predicted octanol–water partition coefficient (Wildman–Crippen LogP) is 5.56. The van der Waals surface area contributed by atoms with Crippen LogP contribution < -0.4 is 25.6 Å². The predicted molar refractivity (Wildman–Crippen MR) is 215 cm³/mol. The van der Waals surface area contributed by atoms with Crippen LogP contribution in [0.3, 0.4) is 0 Å². The number of anilines is 4. The lowest BCUT2D eigenvalue weighted by Gasteiger charge is -2.08. The van der Waals surface area contributed by atoms with Crippen molar-refractivity contribution in [1.82, 2.24) is 49.5 Å². The van der Waals surface area contributed by atoms with Crippen LogP contribution in [0, 0.1) is 13.8 Å². The Morgan fingerprint density at radius 2 is 1.26 bits per heavy atom. The molecule has 20 heteroatoms. The Morgan fingerprint density at radius 1 is 0.722 bits per heavy atom. The zero-order valence-electron chi connectivity index (χ0n) is 29.9. The number of aryl methyl sites for hydroxylation is 4. The van der Waals surface area contributed by atoms with E-state index in [4.69, 9.17) is 24.5 Å².